The minimum atomic E-state index is -0.252. The fraction of sp³-hybridized carbons (Fsp3) is 0.360. The summed E-state index contributed by atoms with van der Waals surface area (Å²) < 4.78 is 5.82. The number of carbonyl (C=O) groups is 1. The predicted molar refractivity (Wildman–Crippen MR) is 123 cm³/mol. The number of carbonyl (C=O) groups excluding carboxylic acids is 1. The Bertz CT molecular complexity index is 1130. The predicted octanol–water partition coefficient (Wildman–Crippen LogP) is 5.37. The average molecular weight is 419 g/mol. The van der Waals surface area contributed by atoms with E-state index in [1.165, 1.54) is 17.5 Å². The summed E-state index contributed by atoms with van der Waals surface area (Å²) in [6.45, 7) is 4.82. The molecular weight excluding hydrogens is 392 g/mol. The van der Waals surface area contributed by atoms with Gasteiger partial charge in [-0.05, 0) is 61.9 Å². The van der Waals surface area contributed by atoms with Crippen molar-refractivity contribution in [1.29, 1.82) is 0 Å². The molecule has 1 aliphatic heterocycles. The number of nitrogens with zero attached hydrogens (tertiary/aromatic N) is 2. The van der Waals surface area contributed by atoms with Crippen LogP contribution < -0.4 is 0 Å². The summed E-state index contributed by atoms with van der Waals surface area (Å²) in [7, 11) is 0. The lowest BCUT2D eigenvalue weighted by atomic mass is 10.0. The van der Waals surface area contributed by atoms with Crippen molar-refractivity contribution >= 4 is 33.8 Å². The highest BCUT2D eigenvalue weighted by Gasteiger charge is 2.41. The molecule has 2 aromatic carbocycles. The molecule has 30 heavy (non-hydrogen) atoms. The molecule has 1 amide bonds. The van der Waals surface area contributed by atoms with Gasteiger partial charge in [-0.2, -0.15) is 0 Å². The van der Waals surface area contributed by atoms with Gasteiger partial charge in [0.1, 0.15) is 5.58 Å². The van der Waals surface area contributed by atoms with Gasteiger partial charge >= 0.3 is 0 Å². The molecule has 0 atom stereocenters. The Morgan fingerprint density at radius 1 is 1.17 bits per heavy atom. The Morgan fingerprint density at radius 3 is 2.73 bits per heavy atom. The molecule has 2 heterocycles. The number of fused-ring (bicyclic) bond motifs is 2. The van der Waals surface area contributed by atoms with Crippen molar-refractivity contribution in [2.75, 3.05) is 5.75 Å². The van der Waals surface area contributed by atoms with Crippen molar-refractivity contribution in [2.45, 2.75) is 51.6 Å². The summed E-state index contributed by atoms with van der Waals surface area (Å²) in [6, 6.07) is 14.6. The van der Waals surface area contributed by atoms with E-state index < -0.39 is 0 Å². The van der Waals surface area contributed by atoms with Crippen LogP contribution in [0.2, 0.25) is 0 Å². The number of aliphatic imine (C=N–C) groups is 1. The molecule has 3 aromatic rings. The Labute approximate surface area is 181 Å². The van der Waals surface area contributed by atoms with Crippen LogP contribution in [0.15, 0.2) is 58.1 Å². The van der Waals surface area contributed by atoms with Crippen molar-refractivity contribution in [3.8, 4) is 0 Å². The highest BCUT2D eigenvalue weighted by molar-refractivity contribution is 8.14. The van der Waals surface area contributed by atoms with Crippen LogP contribution in [0.1, 0.15) is 42.5 Å². The highest BCUT2D eigenvalue weighted by atomic mass is 32.2. The van der Waals surface area contributed by atoms with Crippen LogP contribution >= 0.6 is 11.8 Å². The van der Waals surface area contributed by atoms with Crippen LogP contribution in [0.25, 0.3) is 11.0 Å². The minimum Gasteiger partial charge on any atom is -0.464 e. The van der Waals surface area contributed by atoms with Crippen molar-refractivity contribution in [2.24, 2.45) is 4.99 Å². The van der Waals surface area contributed by atoms with E-state index in [1.807, 2.05) is 23.1 Å². The zero-order valence-electron chi connectivity index (χ0n) is 17.5. The first-order valence-electron chi connectivity index (χ1n) is 10.6. The zero-order chi connectivity index (χ0) is 20.7. The molecule has 5 rings (SSSR count). The molecule has 154 valence electrons. The molecule has 0 unspecified atom stereocenters. The van der Waals surface area contributed by atoms with Crippen LogP contribution in [-0.2, 0) is 30.6 Å². The molecule has 1 aliphatic carbocycles. The Morgan fingerprint density at radius 2 is 1.93 bits per heavy atom. The number of furan rings is 1. The second-order valence-electron chi connectivity index (χ2n) is 8.82. The molecule has 2 aliphatic rings. The fourth-order valence-corrected chi connectivity index (χ4v) is 5.70. The van der Waals surface area contributed by atoms with Gasteiger partial charge in [-0.15, -0.1) is 0 Å². The van der Waals surface area contributed by atoms with E-state index in [-0.39, 0.29) is 11.4 Å². The first-order valence-corrected chi connectivity index (χ1v) is 11.6. The molecule has 0 N–H and O–H groups in total. The lowest BCUT2D eigenvalue weighted by Gasteiger charge is -2.30. The summed E-state index contributed by atoms with van der Waals surface area (Å²) >= 11 is 1.67. The molecule has 1 aromatic heterocycles. The van der Waals surface area contributed by atoms with Gasteiger partial charge in [-0.25, -0.2) is 0 Å². The van der Waals surface area contributed by atoms with Crippen molar-refractivity contribution in [1.82, 2.24) is 4.90 Å². The maximum absolute atomic E-state index is 13.4. The molecule has 0 saturated carbocycles. The van der Waals surface area contributed by atoms with Gasteiger partial charge in [0.2, 0.25) is 5.91 Å². The van der Waals surface area contributed by atoms with Gasteiger partial charge < -0.3 is 4.42 Å². The summed E-state index contributed by atoms with van der Waals surface area (Å²) in [5, 5.41) is 1.90. The number of thioether (sulfide) groups is 1. The molecule has 1 saturated heterocycles. The van der Waals surface area contributed by atoms with Crippen LogP contribution in [0, 0.1) is 0 Å². The number of benzene rings is 2. The largest absolute Gasteiger partial charge is 0.464 e. The summed E-state index contributed by atoms with van der Waals surface area (Å²) in [5.74, 6) is 0.937. The third kappa shape index (κ3) is 3.56. The smallest absolute Gasteiger partial charge is 0.233 e. The number of rotatable bonds is 4. The van der Waals surface area contributed by atoms with E-state index in [0.717, 1.165) is 45.9 Å². The summed E-state index contributed by atoms with van der Waals surface area (Å²) in [6.07, 6.45) is 5.54. The summed E-state index contributed by atoms with van der Waals surface area (Å²) in [5.41, 5.74) is 5.56. The number of amides is 1. The number of hydrogen-bond donors (Lipinski definition) is 0. The second kappa shape index (κ2) is 7.62. The first kappa shape index (κ1) is 19.4. The molecule has 0 radical (unpaired) electrons. The zero-order valence-corrected chi connectivity index (χ0v) is 18.3. The van der Waals surface area contributed by atoms with Gasteiger partial charge in [0.05, 0.1) is 24.8 Å². The Hall–Kier alpha value is -2.53. The average Bonchev–Trinajstić information content (AvgIpc) is 3.42. The lowest BCUT2D eigenvalue weighted by Crippen LogP contribution is -2.47. The monoisotopic (exact) mass is 418 g/mol. The normalized spacial score (nSPS) is 19.0. The molecule has 0 spiro atoms. The molecule has 4 nitrogen and oxygen atoms in total. The van der Waals surface area contributed by atoms with Crippen LogP contribution in [-0.4, -0.2) is 27.3 Å². The molecular formula is C25H26N2O2S. The van der Waals surface area contributed by atoms with E-state index >= 15 is 0 Å². The number of aryl methyl sites for hydroxylation is 2. The third-order valence-electron chi connectivity index (χ3n) is 6.05. The quantitative estimate of drug-likeness (QED) is 0.572. The van der Waals surface area contributed by atoms with E-state index in [4.69, 9.17) is 9.41 Å². The van der Waals surface area contributed by atoms with Crippen LogP contribution in [0.4, 0.5) is 0 Å². The van der Waals surface area contributed by atoms with Gasteiger partial charge in [-0.3, -0.25) is 14.7 Å². The lowest BCUT2D eigenvalue weighted by molar-refractivity contribution is -0.129. The number of hydrogen-bond acceptors (Lipinski definition) is 4. The molecule has 1 fully saturated rings. The Kier molecular flexibility index (Phi) is 4.94. The van der Waals surface area contributed by atoms with E-state index in [0.29, 0.717) is 13.0 Å². The van der Waals surface area contributed by atoms with Gasteiger partial charge in [0, 0.05) is 16.7 Å². The van der Waals surface area contributed by atoms with E-state index in [2.05, 4.69) is 38.1 Å². The van der Waals surface area contributed by atoms with Crippen molar-refractivity contribution in [3.63, 3.8) is 0 Å². The van der Waals surface area contributed by atoms with Crippen molar-refractivity contribution in [3.05, 3.63) is 71.0 Å². The first-order chi connectivity index (χ1) is 14.5. The Balaban J connectivity index is 1.40. The van der Waals surface area contributed by atoms with Gasteiger partial charge in [-0.1, -0.05) is 42.1 Å². The van der Waals surface area contributed by atoms with E-state index in [9.17, 15) is 4.79 Å². The van der Waals surface area contributed by atoms with Crippen LogP contribution in [0.5, 0.6) is 0 Å². The topological polar surface area (TPSA) is 45.8 Å². The van der Waals surface area contributed by atoms with Crippen LogP contribution in [0.3, 0.4) is 0 Å². The number of amidine groups is 1. The van der Waals surface area contributed by atoms with Crippen molar-refractivity contribution < 1.29 is 9.21 Å². The highest BCUT2D eigenvalue weighted by Crippen LogP contribution is 2.35. The summed E-state index contributed by atoms with van der Waals surface area (Å²) in [4.78, 5) is 20.1. The second-order valence-corrected chi connectivity index (χ2v) is 9.77. The standard InChI is InChI=1S/C25H26N2O2S/c1-25(2)16-30-24(26-14-17-7-4-3-5-8-17)27(25)23(28)13-20-15-29-22-12-19-10-6-9-18(19)11-21(20)22/h3-5,7-8,11-12,15H,6,9-10,13-14,16H2,1-2H3. The SMILES string of the molecule is CC1(C)CSC(=NCc2ccccc2)N1C(=O)Cc1coc2cc3c(cc12)CCC3. The maximum atomic E-state index is 13.4. The van der Waals surface area contributed by atoms with E-state index in [1.54, 1.807) is 18.0 Å². The molecule has 0 bridgehead atoms. The third-order valence-corrected chi connectivity index (χ3v) is 7.47. The van der Waals surface area contributed by atoms with Gasteiger partial charge in [0.25, 0.3) is 0 Å². The minimum absolute atomic E-state index is 0.0833. The molecule has 5 heteroatoms. The van der Waals surface area contributed by atoms with Gasteiger partial charge in [0.15, 0.2) is 5.17 Å². The fourth-order valence-electron chi connectivity index (χ4n) is 4.46. The maximum Gasteiger partial charge on any atom is 0.233 e.